The zero-order valence-electron chi connectivity index (χ0n) is 17.6. The molecule has 0 unspecified atom stereocenters. The fourth-order valence-corrected chi connectivity index (χ4v) is 4.72. The molecule has 2 fully saturated rings. The summed E-state index contributed by atoms with van der Waals surface area (Å²) in [6.45, 7) is 7.66. The van der Waals surface area contributed by atoms with Gasteiger partial charge in [0.25, 0.3) is 0 Å². The number of rotatable bonds is 7. The first-order valence-electron chi connectivity index (χ1n) is 10.9. The summed E-state index contributed by atoms with van der Waals surface area (Å²) in [5.41, 5.74) is 0. The summed E-state index contributed by atoms with van der Waals surface area (Å²) in [6, 6.07) is 4.81. The van der Waals surface area contributed by atoms with Gasteiger partial charge in [0.05, 0.1) is 5.00 Å². The highest BCUT2D eigenvalue weighted by atomic mass is 127. The second-order valence-corrected chi connectivity index (χ2v) is 8.59. The molecular formula is C21H36IN5OS. The molecule has 8 heteroatoms. The Hall–Kier alpha value is -1.03. The van der Waals surface area contributed by atoms with Crippen LogP contribution in [0, 0.1) is 0 Å². The lowest BCUT2D eigenvalue weighted by molar-refractivity contribution is -0.130. The summed E-state index contributed by atoms with van der Waals surface area (Å²) in [4.78, 5) is 21.3. The number of hydrogen-bond acceptors (Lipinski definition) is 4. The summed E-state index contributed by atoms with van der Waals surface area (Å²) in [6.07, 6.45) is 7.28. The van der Waals surface area contributed by atoms with Gasteiger partial charge in [-0.15, -0.1) is 35.3 Å². The topological polar surface area (TPSA) is 60.0 Å². The van der Waals surface area contributed by atoms with Gasteiger partial charge in [-0.05, 0) is 56.5 Å². The van der Waals surface area contributed by atoms with Crippen LogP contribution in [-0.2, 0) is 4.79 Å². The highest BCUT2D eigenvalue weighted by molar-refractivity contribution is 14.0. The molecule has 1 aromatic heterocycles. The minimum Gasteiger partial charge on any atom is -0.363 e. The van der Waals surface area contributed by atoms with E-state index in [4.69, 9.17) is 4.99 Å². The van der Waals surface area contributed by atoms with Crippen molar-refractivity contribution in [2.24, 2.45) is 4.99 Å². The number of guanidine groups is 1. The largest absolute Gasteiger partial charge is 0.363 e. The van der Waals surface area contributed by atoms with Crippen LogP contribution in [0.15, 0.2) is 22.5 Å². The van der Waals surface area contributed by atoms with E-state index >= 15 is 0 Å². The van der Waals surface area contributed by atoms with E-state index in [0.29, 0.717) is 11.9 Å². The maximum absolute atomic E-state index is 12.1. The van der Waals surface area contributed by atoms with Gasteiger partial charge in [0.15, 0.2) is 5.96 Å². The minimum atomic E-state index is 0. The van der Waals surface area contributed by atoms with Crippen LogP contribution in [0.25, 0.3) is 0 Å². The maximum Gasteiger partial charge on any atom is 0.222 e. The summed E-state index contributed by atoms with van der Waals surface area (Å²) in [5, 5.41) is 10.5. The zero-order valence-corrected chi connectivity index (χ0v) is 20.7. The van der Waals surface area contributed by atoms with E-state index in [1.165, 1.54) is 11.4 Å². The number of halogens is 1. The number of nitrogens with zero attached hydrogens (tertiary/aromatic N) is 3. The Bertz CT molecular complexity index is 617. The SMILES string of the molecule is CCNC(=NCCCN1CCCCCC1=O)NC1CCN(c2cccs2)CC1.I. The molecule has 0 aliphatic carbocycles. The molecule has 0 bridgehead atoms. The van der Waals surface area contributed by atoms with Crippen molar-refractivity contribution in [3.05, 3.63) is 17.5 Å². The molecule has 1 aromatic rings. The number of hydrogen-bond donors (Lipinski definition) is 2. The van der Waals surface area contributed by atoms with Crippen molar-refractivity contribution in [3.63, 3.8) is 0 Å². The van der Waals surface area contributed by atoms with Crippen LogP contribution in [0.4, 0.5) is 5.00 Å². The predicted octanol–water partition coefficient (Wildman–Crippen LogP) is 3.68. The molecule has 0 spiro atoms. The Morgan fingerprint density at radius 2 is 2.07 bits per heavy atom. The first-order valence-corrected chi connectivity index (χ1v) is 11.8. The number of aliphatic imine (C=N–C) groups is 1. The lowest BCUT2D eigenvalue weighted by Gasteiger charge is -2.33. The molecule has 0 saturated carbocycles. The van der Waals surface area contributed by atoms with E-state index in [9.17, 15) is 4.79 Å². The van der Waals surface area contributed by atoms with Gasteiger partial charge in [-0.3, -0.25) is 9.79 Å². The normalized spacial score (nSPS) is 18.9. The molecule has 164 valence electrons. The second kappa shape index (κ2) is 13.3. The van der Waals surface area contributed by atoms with Gasteiger partial charge in [-0.25, -0.2) is 0 Å². The smallest absolute Gasteiger partial charge is 0.222 e. The Labute approximate surface area is 196 Å². The Morgan fingerprint density at radius 3 is 2.79 bits per heavy atom. The van der Waals surface area contributed by atoms with Crippen molar-refractivity contribution < 1.29 is 4.79 Å². The molecule has 29 heavy (non-hydrogen) atoms. The van der Waals surface area contributed by atoms with Gasteiger partial charge >= 0.3 is 0 Å². The van der Waals surface area contributed by atoms with Gasteiger partial charge < -0.3 is 20.4 Å². The van der Waals surface area contributed by atoms with Crippen molar-refractivity contribution >= 4 is 52.2 Å². The van der Waals surface area contributed by atoms with Crippen molar-refractivity contribution in [2.75, 3.05) is 44.2 Å². The molecule has 2 saturated heterocycles. The average molecular weight is 534 g/mol. The van der Waals surface area contributed by atoms with Crippen molar-refractivity contribution in [1.29, 1.82) is 0 Å². The number of piperidine rings is 1. The first kappa shape index (κ1) is 24.2. The number of likely N-dealkylation sites (tertiary alicyclic amines) is 1. The third-order valence-corrected chi connectivity index (χ3v) is 6.45. The van der Waals surface area contributed by atoms with Gasteiger partial charge in [-0.2, -0.15) is 0 Å². The van der Waals surface area contributed by atoms with E-state index in [2.05, 4.69) is 40.0 Å². The lowest BCUT2D eigenvalue weighted by atomic mass is 10.1. The highest BCUT2D eigenvalue weighted by Crippen LogP contribution is 2.24. The third kappa shape index (κ3) is 7.96. The minimum absolute atomic E-state index is 0. The molecule has 2 aliphatic rings. The number of carbonyl (C=O) groups excluding carboxylic acids is 1. The molecule has 2 aliphatic heterocycles. The maximum atomic E-state index is 12.1. The molecule has 3 heterocycles. The fraction of sp³-hybridized carbons (Fsp3) is 0.714. The van der Waals surface area contributed by atoms with Crippen LogP contribution in [0.2, 0.25) is 0 Å². The van der Waals surface area contributed by atoms with Crippen LogP contribution in [0.5, 0.6) is 0 Å². The van der Waals surface area contributed by atoms with Gasteiger partial charge in [0.2, 0.25) is 5.91 Å². The molecule has 2 N–H and O–H groups in total. The van der Waals surface area contributed by atoms with Crippen LogP contribution < -0.4 is 15.5 Å². The predicted molar refractivity (Wildman–Crippen MR) is 134 cm³/mol. The van der Waals surface area contributed by atoms with Crippen LogP contribution in [-0.4, -0.2) is 62.1 Å². The summed E-state index contributed by atoms with van der Waals surface area (Å²) >= 11 is 1.82. The summed E-state index contributed by atoms with van der Waals surface area (Å²) in [7, 11) is 0. The Morgan fingerprint density at radius 1 is 1.24 bits per heavy atom. The molecular weight excluding hydrogens is 497 g/mol. The van der Waals surface area contributed by atoms with E-state index in [-0.39, 0.29) is 24.0 Å². The zero-order chi connectivity index (χ0) is 19.6. The number of carbonyl (C=O) groups is 1. The number of anilines is 1. The second-order valence-electron chi connectivity index (χ2n) is 7.66. The molecule has 0 radical (unpaired) electrons. The number of nitrogens with one attached hydrogen (secondary N) is 2. The monoisotopic (exact) mass is 533 g/mol. The van der Waals surface area contributed by atoms with E-state index < -0.39 is 0 Å². The standard InChI is InChI=1S/C21H35N5OS.HI/c1-2-22-21(23-12-7-14-25-13-5-3-4-8-19(25)27)24-18-10-15-26(16-11-18)20-9-6-17-28-20;/h6,9,17-18H,2-5,7-8,10-16H2,1H3,(H2,22,23,24);1H. The van der Waals surface area contributed by atoms with E-state index in [1.54, 1.807) is 0 Å². The number of amides is 1. The Kier molecular flexibility index (Phi) is 11.1. The molecule has 1 amide bonds. The first-order chi connectivity index (χ1) is 13.8. The summed E-state index contributed by atoms with van der Waals surface area (Å²) in [5.74, 6) is 1.24. The average Bonchev–Trinajstić information content (AvgIpc) is 3.17. The Balaban J connectivity index is 0.00000300. The van der Waals surface area contributed by atoms with Crippen LogP contribution in [0.3, 0.4) is 0 Å². The fourth-order valence-electron chi connectivity index (χ4n) is 3.93. The summed E-state index contributed by atoms with van der Waals surface area (Å²) < 4.78 is 0. The van der Waals surface area contributed by atoms with E-state index in [1.807, 2.05) is 16.2 Å². The van der Waals surface area contributed by atoms with Crippen molar-refractivity contribution in [1.82, 2.24) is 15.5 Å². The molecule has 3 rings (SSSR count). The molecule has 0 aromatic carbocycles. The van der Waals surface area contributed by atoms with Crippen LogP contribution >= 0.6 is 35.3 Å². The third-order valence-electron chi connectivity index (χ3n) is 5.53. The van der Waals surface area contributed by atoms with Crippen molar-refractivity contribution in [2.45, 2.75) is 57.9 Å². The lowest BCUT2D eigenvalue weighted by Crippen LogP contribution is -2.48. The van der Waals surface area contributed by atoms with Gasteiger partial charge in [-0.1, -0.05) is 6.42 Å². The van der Waals surface area contributed by atoms with Gasteiger partial charge in [0.1, 0.15) is 0 Å². The highest BCUT2D eigenvalue weighted by Gasteiger charge is 2.20. The van der Waals surface area contributed by atoms with Gasteiger partial charge in [0, 0.05) is 51.7 Å². The molecule has 0 atom stereocenters. The van der Waals surface area contributed by atoms with Crippen LogP contribution in [0.1, 0.15) is 51.9 Å². The number of thiophene rings is 1. The quantitative estimate of drug-likeness (QED) is 0.243. The molecule has 6 nitrogen and oxygen atoms in total. The van der Waals surface area contributed by atoms with Crippen molar-refractivity contribution in [3.8, 4) is 0 Å². The van der Waals surface area contributed by atoms with E-state index in [0.717, 1.165) is 83.8 Å².